The second-order valence-corrected chi connectivity index (χ2v) is 6.13. The van der Waals surface area contributed by atoms with Gasteiger partial charge in [-0.3, -0.25) is 4.79 Å². The quantitative estimate of drug-likeness (QED) is 0.809. The summed E-state index contributed by atoms with van der Waals surface area (Å²) in [4.78, 5) is 11.1. The fourth-order valence-electron chi connectivity index (χ4n) is 1.84. The van der Waals surface area contributed by atoms with E-state index in [1.54, 1.807) is 6.07 Å². The standard InChI is InChI=1S/C15H14Br2N2O/c16-13-5-4-11(7-14(13)17)9-19-8-10-2-1-3-12(6-10)15(18)20/h1-7,19H,8-9H2,(H2,18,20). The molecule has 2 rings (SSSR count). The number of carbonyl (C=O) groups excluding carboxylic acids is 1. The molecule has 0 aliphatic heterocycles. The summed E-state index contributed by atoms with van der Waals surface area (Å²) in [5.74, 6) is -0.399. The third kappa shape index (κ3) is 4.16. The molecule has 0 saturated carbocycles. The van der Waals surface area contributed by atoms with Crippen molar-refractivity contribution >= 4 is 37.8 Å². The predicted molar refractivity (Wildman–Crippen MR) is 87.3 cm³/mol. The Morgan fingerprint density at radius 1 is 1.00 bits per heavy atom. The molecule has 0 saturated heterocycles. The molecule has 0 aromatic heterocycles. The number of rotatable bonds is 5. The molecule has 0 heterocycles. The van der Waals surface area contributed by atoms with Gasteiger partial charge in [0.1, 0.15) is 0 Å². The smallest absolute Gasteiger partial charge is 0.248 e. The van der Waals surface area contributed by atoms with Crippen LogP contribution in [0.1, 0.15) is 21.5 Å². The van der Waals surface area contributed by atoms with Crippen LogP contribution < -0.4 is 11.1 Å². The number of nitrogens with two attached hydrogens (primary N) is 1. The molecular weight excluding hydrogens is 384 g/mol. The molecule has 104 valence electrons. The minimum absolute atomic E-state index is 0.399. The van der Waals surface area contributed by atoms with E-state index in [1.165, 1.54) is 5.56 Å². The zero-order chi connectivity index (χ0) is 14.5. The van der Waals surface area contributed by atoms with Crippen molar-refractivity contribution in [1.82, 2.24) is 5.32 Å². The molecule has 1 amide bonds. The van der Waals surface area contributed by atoms with Crippen LogP contribution in [0.3, 0.4) is 0 Å². The van der Waals surface area contributed by atoms with Gasteiger partial charge in [-0.1, -0.05) is 18.2 Å². The number of amides is 1. The van der Waals surface area contributed by atoms with E-state index in [0.29, 0.717) is 12.1 Å². The summed E-state index contributed by atoms with van der Waals surface area (Å²) >= 11 is 6.93. The molecule has 3 nitrogen and oxygen atoms in total. The van der Waals surface area contributed by atoms with E-state index in [9.17, 15) is 4.79 Å². The van der Waals surface area contributed by atoms with Gasteiger partial charge in [0.05, 0.1) is 0 Å². The van der Waals surface area contributed by atoms with Gasteiger partial charge in [-0.25, -0.2) is 0 Å². The van der Waals surface area contributed by atoms with E-state index >= 15 is 0 Å². The van der Waals surface area contributed by atoms with Gasteiger partial charge in [-0.2, -0.15) is 0 Å². The number of hydrogen-bond donors (Lipinski definition) is 2. The van der Waals surface area contributed by atoms with Crippen molar-refractivity contribution in [3.05, 3.63) is 68.1 Å². The van der Waals surface area contributed by atoms with Crippen molar-refractivity contribution in [2.45, 2.75) is 13.1 Å². The van der Waals surface area contributed by atoms with E-state index in [-0.39, 0.29) is 0 Å². The largest absolute Gasteiger partial charge is 0.366 e. The van der Waals surface area contributed by atoms with Gasteiger partial charge < -0.3 is 11.1 Å². The molecule has 2 aromatic rings. The van der Waals surface area contributed by atoms with Crippen LogP contribution in [0.25, 0.3) is 0 Å². The monoisotopic (exact) mass is 396 g/mol. The molecule has 2 aromatic carbocycles. The maximum atomic E-state index is 11.1. The van der Waals surface area contributed by atoms with Gasteiger partial charge in [-0.15, -0.1) is 0 Å². The summed E-state index contributed by atoms with van der Waals surface area (Å²) in [5.41, 5.74) is 8.03. The molecule has 0 aliphatic rings. The second-order valence-electron chi connectivity index (χ2n) is 4.42. The Bertz CT molecular complexity index is 629. The Balaban J connectivity index is 1.94. The summed E-state index contributed by atoms with van der Waals surface area (Å²) in [6.07, 6.45) is 0. The normalized spacial score (nSPS) is 10.5. The number of carbonyl (C=O) groups is 1. The molecule has 0 atom stereocenters. The zero-order valence-electron chi connectivity index (χ0n) is 10.7. The molecule has 0 radical (unpaired) electrons. The van der Waals surface area contributed by atoms with E-state index in [1.807, 2.05) is 24.3 Å². The van der Waals surface area contributed by atoms with Crippen LogP contribution in [-0.2, 0) is 13.1 Å². The van der Waals surface area contributed by atoms with Gasteiger partial charge in [0, 0.05) is 27.6 Å². The summed E-state index contributed by atoms with van der Waals surface area (Å²) in [6.45, 7) is 1.45. The molecule has 0 spiro atoms. The topological polar surface area (TPSA) is 55.1 Å². The summed E-state index contributed by atoms with van der Waals surface area (Å²) in [7, 11) is 0. The summed E-state index contributed by atoms with van der Waals surface area (Å²) < 4.78 is 2.07. The highest BCUT2D eigenvalue weighted by Crippen LogP contribution is 2.23. The molecule has 5 heteroatoms. The van der Waals surface area contributed by atoms with Crippen LogP contribution in [0.15, 0.2) is 51.4 Å². The molecule has 20 heavy (non-hydrogen) atoms. The van der Waals surface area contributed by atoms with Crippen LogP contribution in [0.2, 0.25) is 0 Å². The third-order valence-corrected chi connectivity index (χ3v) is 4.73. The van der Waals surface area contributed by atoms with Crippen molar-refractivity contribution in [2.75, 3.05) is 0 Å². The molecule has 0 bridgehead atoms. The van der Waals surface area contributed by atoms with Crippen LogP contribution >= 0.6 is 31.9 Å². The maximum absolute atomic E-state index is 11.1. The van der Waals surface area contributed by atoms with E-state index < -0.39 is 5.91 Å². The number of benzene rings is 2. The Hall–Kier alpha value is -1.17. The van der Waals surface area contributed by atoms with Crippen molar-refractivity contribution in [3.8, 4) is 0 Å². The average molecular weight is 398 g/mol. The average Bonchev–Trinajstić information content (AvgIpc) is 2.43. The van der Waals surface area contributed by atoms with Crippen LogP contribution in [0.4, 0.5) is 0 Å². The highest BCUT2D eigenvalue weighted by atomic mass is 79.9. The first-order valence-corrected chi connectivity index (χ1v) is 7.68. The first-order valence-electron chi connectivity index (χ1n) is 6.09. The van der Waals surface area contributed by atoms with Gasteiger partial charge >= 0.3 is 0 Å². The lowest BCUT2D eigenvalue weighted by atomic mass is 10.1. The first-order chi connectivity index (χ1) is 9.56. The lowest BCUT2D eigenvalue weighted by molar-refractivity contribution is 0.1000. The number of halogens is 2. The lowest BCUT2D eigenvalue weighted by Crippen LogP contribution is -2.15. The van der Waals surface area contributed by atoms with E-state index in [2.05, 4.69) is 49.3 Å². The second kappa shape index (κ2) is 7.02. The fourth-order valence-corrected chi connectivity index (χ4v) is 2.51. The fraction of sp³-hybridized carbons (Fsp3) is 0.133. The Labute approximate surface area is 134 Å². The molecule has 0 aliphatic carbocycles. The van der Waals surface area contributed by atoms with Crippen molar-refractivity contribution in [3.63, 3.8) is 0 Å². The van der Waals surface area contributed by atoms with Crippen molar-refractivity contribution in [1.29, 1.82) is 0 Å². The maximum Gasteiger partial charge on any atom is 0.248 e. The van der Waals surface area contributed by atoms with Crippen LogP contribution in [-0.4, -0.2) is 5.91 Å². The summed E-state index contributed by atoms with van der Waals surface area (Å²) in [6, 6.07) is 13.5. The molecular formula is C15H14Br2N2O. The minimum Gasteiger partial charge on any atom is -0.366 e. The first kappa shape index (κ1) is 15.2. The van der Waals surface area contributed by atoms with E-state index in [0.717, 1.165) is 21.1 Å². The molecule has 0 fully saturated rings. The summed E-state index contributed by atoms with van der Waals surface area (Å²) in [5, 5.41) is 3.34. The van der Waals surface area contributed by atoms with Crippen molar-refractivity contribution in [2.24, 2.45) is 5.73 Å². The van der Waals surface area contributed by atoms with E-state index in [4.69, 9.17) is 5.73 Å². The third-order valence-electron chi connectivity index (χ3n) is 2.85. The number of hydrogen-bond acceptors (Lipinski definition) is 2. The molecule has 3 N–H and O–H groups in total. The highest BCUT2D eigenvalue weighted by Gasteiger charge is 2.02. The Kier molecular flexibility index (Phi) is 5.34. The van der Waals surface area contributed by atoms with Crippen molar-refractivity contribution < 1.29 is 4.79 Å². The van der Waals surface area contributed by atoms with Gasteiger partial charge in [0.15, 0.2) is 0 Å². The SMILES string of the molecule is NC(=O)c1cccc(CNCc2ccc(Br)c(Br)c2)c1. The van der Waals surface area contributed by atoms with Gasteiger partial charge in [-0.05, 0) is 67.3 Å². The predicted octanol–water partition coefficient (Wildman–Crippen LogP) is 3.60. The molecule has 0 unspecified atom stereocenters. The Morgan fingerprint density at radius 2 is 1.70 bits per heavy atom. The highest BCUT2D eigenvalue weighted by molar-refractivity contribution is 9.13. The van der Waals surface area contributed by atoms with Gasteiger partial charge in [0.2, 0.25) is 5.91 Å². The lowest BCUT2D eigenvalue weighted by Gasteiger charge is -2.07. The zero-order valence-corrected chi connectivity index (χ0v) is 13.9. The number of primary amides is 1. The van der Waals surface area contributed by atoms with Crippen LogP contribution in [0, 0.1) is 0 Å². The minimum atomic E-state index is -0.399. The number of nitrogens with one attached hydrogen (secondary N) is 1. The van der Waals surface area contributed by atoms with Crippen LogP contribution in [0.5, 0.6) is 0 Å². The van der Waals surface area contributed by atoms with Gasteiger partial charge in [0.25, 0.3) is 0 Å². The Morgan fingerprint density at radius 3 is 2.35 bits per heavy atom.